The molecule has 6 atom stereocenters. The number of benzene rings is 1. The van der Waals surface area contributed by atoms with E-state index in [2.05, 4.69) is 20.9 Å². The Bertz CT molecular complexity index is 1040. The van der Waals surface area contributed by atoms with Gasteiger partial charge in [0.1, 0.15) is 24.2 Å². The molecule has 9 N–H and O–H groups in total. The fourth-order valence-electron chi connectivity index (χ4n) is 3.26. The molecule has 12 nitrogen and oxygen atoms in total. The number of hydrogen-bond donors (Lipinski definition) is 8. The van der Waals surface area contributed by atoms with E-state index < -0.39 is 60.1 Å². The first kappa shape index (κ1) is 26.8. The summed E-state index contributed by atoms with van der Waals surface area (Å²) in [6.07, 6.45) is -0.845. The molecule has 0 spiro atoms. The molecule has 0 bridgehead atoms. The van der Waals surface area contributed by atoms with Crippen molar-refractivity contribution in [1.29, 1.82) is 0 Å². The fourth-order valence-corrected chi connectivity index (χ4v) is 3.26. The Labute approximate surface area is 195 Å². The first-order valence-electron chi connectivity index (χ1n) is 10.7. The lowest BCUT2D eigenvalue weighted by molar-refractivity contribution is -0.142. The number of carboxylic acid groups (broad SMARTS) is 1. The number of carboxylic acids is 1. The summed E-state index contributed by atoms with van der Waals surface area (Å²) in [5.41, 5.74) is 7.06. The maximum Gasteiger partial charge on any atom is 0.326 e. The number of carbonyl (C=O) groups excluding carboxylic acids is 3. The van der Waals surface area contributed by atoms with Gasteiger partial charge in [0, 0.05) is 23.5 Å². The molecule has 0 aliphatic heterocycles. The second-order valence-electron chi connectivity index (χ2n) is 8.19. The molecule has 2 aromatic rings. The fraction of sp³-hybridized carbons (Fsp3) is 0.455. The summed E-state index contributed by atoms with van der Waals surface area (Å²) in [5, 5.41) is 36.7. The van der Waals surface area contributed by atoms with E-state index in [1.807, 2.05) is 24.3 Å². The topological polar surface area (TPSA) is 207 Å². The smallest absolute Gasteiger partial charge is 0.326 e. The summed E-state index contributed by atoms with van der Waals surface area (Å²) in [6.45, 7) is 3.88. The number of aliphatic hydroxyl groups excluding tert-OH is 2. The average molecular weight is 478 g/mol. The SMILES string of the molecule is CC(NC(=O)C(NC(=O)C(N)C(C)O)C(C)O)C(=O)NC(Cc1c[nH]c2ccccc12)C(=O)O. The van der Waals surface area contributed by atoms with Crippen LogP contribution in [0.4, 0.5) is 0 Å². The van der Waals surface area contributed by atoms with Crippen LogP contribution in [0.1, 0.15) is 26.3 Å². The van der Waals surface area contributed by atoms with Crippen molar-refractivity contribution in [1.82, 2.24) is 20.9 Å². The van der Waals surface area contributed by atoms with Gasteiger partial charge in [0.05, 0.1) is 12.2 Å². The third kappa shape index (κ3) is 6.76. The number of aromatic nitrogens is 1. The average Bonchev–Trinajstić information content (AvgIpc) is 3.18. The summed E-state index contributed by atoms with van der Waals surface area (Å²) in [7, 11) is 0. The van der Waals surface area contributed by atoms with Crippen LogP contribution in [0.15, 0.2) is 30.5 Å². The molecule has 2 rings (SSSR count). The highest BCUT2D eigenvalue weighted by molar-refractivity contribution is 5.94. The van der Waals surface area contributed by atoms with Gasteiger partial charge in [-0.2, -0.15) is 0 Å². The number of H-pyrrole nitrogens is 1. The number of nitrogens with one attached hydrogen (secondary N) is 4. The summed E-state index contributed by atoms with van der Waals surface area (Å²) in [6, 6.07) is 2.11. The van der Waals surface area contributed by atoms with Gasteiger partial charge < -0.3 is 42.0 Å². The van der Waals surface area contributed by atoms with Gasteiger partial charge in [-0.1, -0.05) is 18.2 Å². The molecule has 0 saturated carbocycles. The van der Waals surface area contributed by atoms with E-state index in [1.54, 1.807) is 6.20 Å². The zero-order valence-corrected chi connectivity index (χ0v) is 19.1. The Morgan fingerprint density at radius 1 is 0.941 bits per heavy atom. The quantitative estimate of drug-likeness (QED) is 0.188. The zero-order valence-electron chi connectivity index (χ0n) is 19.1. The normalized spacial score (nSPS) is 16.5. The molecule has 0 fully saturated rings. The third-order valence-electron chi connectivity index (χ3n) is 5.35. The van der Waals surface area contributed by atoms with Crippen LogP contribution in [0.25, 0.3) is 10.9 Å². The van der Waals surface area contributed by atoms with Gasteiger partial charge >= 0.3 is 5.97 Å². The highest BCUT2D eigenvalue weighted by atomic mass is 16.4. The minimum Gasteiger partial charge on any atom is -0.480 e. The molecule has 0 saturated heterocycles. The Morgan fingerprint density at radius 3 is 2.18 bits per heavy atom. The van der Waals surface area contributed by atoms with Crippen LogP contribution >= 0.6 is 0 Å². The van der Waals surface area contributed by atoms with Crippen LogP contribution in [-0.2, 0) is 25.6 Å². The Morgan fingerprint density at radius 2 is 1.59 bits per heavy atom. The number of amides is 3. The Hall–Kier alpha value is -3.48. The van der Waals surface area contributed by atoms with Crippen molar-refractivity contribution < 1.29 is 34.5 Å². The van der Waals surface area contributed by atoms with Crippen LogP contribution in [0.2, 0.25) is 0 Å². The molecular weight excluding hydrogens is 446 g/mol. The third-order valence-corrected chi connectivity index (χ3v) is 5.35. The number of nitrogens with two attached hydrogens (primary N) is 1. The van der Waals surface area contributed by atoms with E-state index in [9.17, 15) is 34.5 Å². The van der Waals surface area contributed by atoms with E-state index in [1.165, 1.54) is 20.8 Å². The van der Waals surface area contributed by atoms with Gasteiger partial charge in [0.25, 0.3) is 0 Å². The number of carbonyl (C=O) groups is 4. The first-order valence-corrected chi connectivity index (χ1v) is 10.7. The molecule has 0 radical (unpaired) electrons. The highest BCUT2D eigenvalue weighted by Gasteiger charge is 2.31. The molecule has 12 heteroatoms. The lowest BCUT2D eigenvalue weighted by Gasteiger charge is -2.25. The summed E-state index contributed by atoms with van der Waals surface area (Å²) >= 11 is 0. The number of aromatic amines is 1. The largest absolute Gasteiger partial charge is 0.480 e. The number of aliphatic hydroxyl groups is 2. The molecule has 6 unspecified atom stereocenters. The summed E-state index contributed by atoms with van der Waals surface area (Å²) in [4.78, 5) is 52.0. The number of hydrogen-bond acceptors (Lipinski definition) is 7. The predicted octanol–water partition coefficient (Wildman–Crippen LogP) is -1.64. The van der Waals surface area contributed by atoms with Gasteiger partial charge in [0.15, 0.2) is 0 Å². The Kier molecular flexibility index (Phi) is 9.12. The van der Waals surface area contributed by atoms with Gasteiger partial charge in [0.2, 0.25) is 17.7 Å². The van der Waals surface area contributed by atoms with Crippen LogP contribution < -0.4 is 21.7 Å². The van der Waals surface area contributed by atoms with Crippen molar-refractivity contribution in [3.8, 4) is 0 Å². The molecular formula is C22H31N5O7. The summed E-state index contributed by atoms with van der Waals surface area (Å²) in [5.74, 6) is -3.76. The zero-order chi connectivity index (χ0) is 25.6. The lowest BCUT2D eigenvalue weighted by Crippen LogP contribution is -2.60. The van der Waals surface area contributed by atoms with Crippen LogP contribution in [0.5, 0.6) is 0 Å². The molecule has 0 aliphatic rings. The van der Waals surface area contributed by atoms with Crippen molar-refractivity contribution in [2.75, 3.05) is 0 Å². The lowest BCUT2D eigenvalue weighted by atomic mass is 10.0. The maximum atomic E-state index is 12.6. The van der Waals surface area contributed by atoms with E-state index in [0.29, 0.717) is 5.56 Å². The van der Waals surface area contributed by atoms with Crippen LogP contribution in [0.3, 0.4) is 0 Å². The molecule has 0 aliphatic carbocycles. The number of aliphatic carboxylic acids is 1. The van der Waals surface area contributed by atoms with Crippen LogP contribution in [0, 0.1) is 0 Å². The maximum absolute atomic E-state index is 12.6. The van der Waals surface area contributed by atoms with Gasteiger partial charge in [-0.15, -0.1) is 0 Å². The van der Waals surface area contributed by atoms with Crippen molar-refractivity contribution >= 4 is 34.6 Å². The van der Waals surface area contributed by atoms with Crippen molar-refractivity contribution in [2.24, 2.45) is 5.73 Å². The minimum atomic E-state index is -1.45. The number of fused-ring (bicyclic) bond motifs is 1. The van der Waals surface area contributed by atoms with Crippen molar-refractivity contribution in [3.63, 3.8) is 0 Å². The summed E-state index contributed by atoms with van der Waals surface area (Å²) < 4.78 is 0. The van der Waals surface area contributed by atoms with E-state index in [-0.39, 0.29) is 6.42 Å². The van der Waals surface area contributed by atoms with Gasteiger partial charge in [-0.05, 0) is 32.4 Å². The molecule has 1 heterocycles. The first-order chi connectivity index (χ1) is 15.9. The van der Waals surface area contributed by atoms with E-state index in [4.69, 9.17) is 5.73 Å². The molecule has 34 heavy (non-hydrogen) atoms. The van der Waals surface area contributed by atoms with Crippen molar-refractivity contribution in [3.05, 3.63) is 36.0 Å². The molecule has 3 amide bonds. The van der Waals surface area contributed by atoms with Gasteiger partial charge in [-0.3, -0.25) is 14.4 Å². The highest BCUT2D eigenvalue weighted by Crippen LogP contribution is 2.19. The number of para-hydroxylation sites is 1. The van der Waals surface area contributed by atoms with E-state index in [0.717, 1.165) is 10.9 Å². The monoisotopic (exact) mass is 477 g/mol. The van der Waals surface area contributed by atoms with E-state index >= 15 is 0 Å². The predicted molar refractivity (Wildman–Crippen MR) is 122 cm³/mol. The molecule has 1 aromatic heterocycles. The van der Waals surface area contributed by atoms with Gasteiger partial charge in [-0.25, -0.2) is 4.79 Å². The standard InChI is InChI=1S/C22H31N5O7/c1-10(25-21(32)18(12(3)29)27-20(31)17(23)11(2)28)19(30)26-16(22(33)34)8-13-9-24-15-7-5-4-6-14(13)15/h4-7,9-12,16-18,24,28-29H,8,23H2,1-3H3,(H,25,32)(H,26,30)(H,27,31)(H,33,34). The minimum absolute atomic E-state index is 0.00927. The number of rotatable bonds is 11. The molecule has 1 aromatic carbocycles. The second-order valence-corrected chi connectivity index (χ2v) is 8.19. The Balaban J connectivity index is 2.03. The van der Waals surface area contributed by atoms with Crippen molar-refractivity contribution in [2.45, 2.75) is 63.6 Å². The van der Waals surface area contributed by atoms with Crippen LogP contribution in [-0.4, -0.2) is 80.4 Å². The molecule has 186 valence electrons. The second kappa shape index (κ2) is 11.6.